The van der Waals surface area contributed by atoms with E-state index < -0.39 is 29.8 Å². The van der Waals surface area contributed by atoms with Crippen molar-refractivity contribution in [3.63, 3.8) is 0 Å². The van der Waals surface area contributed by atoms with Crippen molar-refractivity contribution >= 4 is 35.7 Å². The maximum atomic E-state index is 11.9. The topological polar surface area (TPSA) is 168 Å². The molecular weight excluding hydrogens is 566 g/mol. The number of carboxylic acid groups (broad SMARTS) is 2. The van der Waals surface area contributed by atoms with Crippen molar-refractivity contribution in [3.8, 4) is 0 Å². The van der Waals surface area contributed by atoms with Gasteiger partial charge in [0.2, 0.25) is 0 Å². The largest absolute Gasteiger partial charge is 0.481 e. The van der Waals surface area contributed by atoms with Gasteiger partial charge in [0.1, 0.15) is 0 Å². The van der Waals surface area contributed by atoms with Crippen LogP contribution < -0.4 is 0 Å². The van der Waals surface area contributed by atoms with E-state index in [9.17, 15) is 24.0 Å². The number of nitrogens with one attached hydrogen (secondary N) is 1. The minimum atomic E-state index is -0.724. The van der Waals surface area contributed by atoms with E-state index in [-0.39, 0.29) is 44.4 Å². The summed E-state index contributed by atoms with van der Waals surface area (Å²) in [4.78, 5) is 56.6. The standard InChI is InChI=1S/C34H59NO9/c35-29(43-32(40)25-21-17-13-9-5-1-3-7-11-15-19-23-30(36)37)27-28-34(42)44-33(41)26-22-18-14-10-6-2-4-8-12-16-20-24-31(38)39/h35H,1-28H2,(H,36,37)(H,38,39). The summed E-state index contributed by atoms with van der Waals surface area (Å²) in [7, 11) is 0. The zero-order chi connectivity index (χ0) is 32.7. The maximum absolute atomic E-state index is 11.9. The fraction of sp³-hybridized carbons (Fsp3) is 0.824. The first-order valence-corrected chi connectivity index (χ1v) is 17.2. The van der Waals surface area contributed by atoms with Crippen LogP contribution in [0.5, 0.6) is 0 Å². The third-order valence-corrected chi connectivity index (χ3v) is 7.56. The summed E-state index contributed by atoms with van der Waals surface area (Å²) in [6.45, 7) is 0. The van der Waals surface area contributed by atoms with Crippen molar-refractivity contribution in [2.24, 2.45) is 0 Å². The lowest BCUT2D eigenvalue weighted by Crippen LogP contribution is -2.16. The second kappa shape index (κ2) is 30.3. The lowest BCUT2D eigenvalue weighted by molar-refractivity contribution is -0.160. The van der Waals surface area contributed by atoms with Crippen molar-refractivity contribution in [2.45, 2.75) is 180 Å². The van der Waals surface area contributed by atoms with Crippen LogP contribution in [0.25, 0.3) is 0 Å². The van der Waals surface area contributed by atoms with Gasteiger partial charge in [-0.25, -0.2) is 0 Å². The first-order valence-electron chi connectivity index (χ1n) is 17.2. The smallest absolute Gasteiger partial charge is 0.313 e. The third kappa shape index (κ3) is 32.1. The Kier molecular flexibility index (Phi) is 28.3. The van der Waals surface area contributed by atoms with Crippen LogP contribution in [0.3, 0.4) is 0 Å². The fourth-order valence-electron chi connectivity index (χ4n) is 4.96. The fourth-order valence-corrected chi connectivity index (χ4v) is 4.96. The van der Waals surface area contributed by atoms with E-state index in [1.54, 1.807) is 0 Å². The molecule has 0 saturated heterocycles. The summed E-state index contributed by atoms with van der Waals surface area (Å²) in [5.74, 6) is -3.49. The molecule has 0 amide bonds. The van der Waals surface area contributed by atoms with Gasteiger partial charge in [0.15, 0.2) is 5.90 Å². The number of unbranched alkanes of at least 4 members (excludes halogenated alkanes) is 20. The Morgan fingerprint density at radius 2 is 0.591 bits per heavy atom. The van der Waals surface area contributed by atoms with Crippen molar-refractivity contribution in [1.29, 1.82) is 5.41 Å². The zero-order valence-electron chi connectivity index (χ0n) is 27.1. The average molecular weight is 626 g/mol. The van der Waals surface area contributed by atoms with Crippen molar-refractivity contribution in [1.82, 2.24) is 0 Å². The van der Waals surface area contributed by atoms with E-state index in [1.165, 1.54) is 25.7 Å². The van der Waals surface area contributed by atoms with Crippen molar-refractivity contribution in [3.05, 3.63) is 0 Å². The Morgan fingerprint density at radius 1 is 0.341 bits per heavy atom. The van der Waals surface area contributed by atoms with Crippen LogP contribution in [0.1, 0.15) is 180 Å². The summed E-state index contributed by atoms with van der Waals surface area (Å²) in [6, 6.07) is 0. The normalized spacial score (nSPS) is 10.8. The molecule has 0 aliphatic heterocycles. The van der Waals surface area contributed by atoms with Gasteiger partial charge in [-0.2, -0.15) is 0 Å². The molecule has 0 fully saturated rings. The molecule has 0 unspecified atom stereocenters. The van der Waals surface area contributed by atoms with E-state index in [2.05, 4.69) is 0 Å². The average Bonchev–Trinajstić information content (AvgIpc) is 2.96. The highest BCUT2D eigenvalue weighted by Gasteiger charge is 2.14. The van der Waals surface area contributed by atoms with Crippen LogP contribution in [0.2, 0.25) is 0 Å². The molecule has 0 spiro atoms. The summed E-state index contributed by atoms with van der Waals surface area (Å²) in [5.41, 5.74) is 0. The molecule has 0 aliphatic rings. The minimum absolute atomic E-state index is 0.0836. The molecule has 254 valence electrons. The molecule has 0 heterocycles. The maximum Gasteiger partial charge on any atom is 0.313 e. The summed E-state index contributed by atoms with van der Waals surface area (Å²) >= 11 is 0. The molecule has 0 radical (unpaired) electrons. The highest BCUT2D eigenvalue weighted by atomic mass is 16.6. The number of carbonyl (C=O) groups is 5. The van der Waals surface area contributed by atoms with Crippen LogP contribution in [0, 0.1) is 5.41 Å². The van der Waals surface area contributed by atoms with Gasteiger partial charge in [-0.05, 0) is 25.7 Å². The molecule has 0 bridgehead atoms. The number of hydrogen-bond acceptors (Lipinski definition) is 8. The SMILES string of the molecule is N=C(CCC(=O)OC(=O)CCCCCCCCCCCCCC(=O)O)OC(=O)CCCCCCCCCCCCCC(=O)O. The van der Waals surface area contributed by atoms with E-state index in [4.69, 9.17) is 25.1 Å². The molecule has 3 N–H and O–H groups in total. The molecule has 0 atom stereocenters. The summed E-state index contributed by atoms with van der Waals surface area (Å²) in [5, 5.41) is 25.0. The molecule has 44 heavy (non-hydrogen) atoms. The van der Waals surface area contributed by atoms with E-state index in [1.807, 2.05) is 0 Å². The third-order valence-electron chi connectivity index (χ3n) is 7.56. The molecule has 10 heteroatoms. The molecule has 10 nitrogen and oxygen atoms in total. The van der Waals surface area contributed by atoms with Crippen molar-refractivity contribution in [2.75, 3.05) is 0 Å². The number of carboxylic acids is 2. The van der Waals surface area contributed by atoms with E-state index in [0.717, 1.165) is 103 Å². The van der Waals surface area contributed by atoms with Gasteiger partial charge in [-0.1, -0.05) is 116 Å². The van der Waals surface area contributed by atoms with Gasteiger partial charge >= 0.3 is 29.8 Å². The molecule has 0 rings (SSSR count). The Morgan fingerprint density at radius 3 is 0.909 bits per heavy atom. The lowest BCUT2D eigenvalue weighted by Gasteiger charge is -2.06. The van der Waals surface area contributed by atoms with E-state index >= 15 is 0 Å². The molecule has 0 aromatic rings. The number of aliphatic carboxylic acids is 2. The first kappa shape index (κ1) is 41.2. The quantitative estimate of drug-likeness (QED) is 0.0224. The predicted molar refractivity (Wildman–Crippen MR) is 169 cm³/mol. The number of carbonyl (C=O) groups excluding carboxylic acids is 3. The summed E-state index contributed by atoms with van der Waals surface area (Å²) in [6.07, 6.45) is 23.1. The van der Waals surface area contributed by atoms with Gasteiger partial charge in [0.25, 0.3) is 0 Å². The van der Waals surface area contributed by atoms with Gasteiger partial charge < -0.3 is 19.7 Å². The van der Waals surface area contributed by atoms with Gasteiger partial charge in [0.05, 0.1) is 6.42 Å². The second-order valence-corrected chi connectivity index (χ2v) is 11.8. The Labute approximate surface area is 264 Å². The van der Waals surface area contributed by atoms with Crippen LogP contribution in [-0.2, 0) is 33.4 Å². The number of esters is 3. The van der Waals surface area contributed by atoms with E-state index in [0.29, 0.717) is 12.8 Å². The molecule has 0 aromatic carbocycles. The molecule has 0 saturated carbocycles. The molecule has 0 aromatic heterocycles. The van der Waals surface area contributed by atoms with Crippen LogP contribution in [0.15, 0.2) is 0 Å². The Bertz CT molecular complexity index is 747. The van der Waals surface area contributed by atoms with Gasteiger partial charge in [-0.15, -0.1) is 0 Å². The Balaban J connectivity index is 3.54. The molecular formula is C34H59NO9. The second-order valence-electron chi connectivity index (χ2n) is 11.8. The Hall–Kier alpha value is -2.78. The monoisotopic (exact) mass is 625 g/mol. The number of ether oxygens (including phenoxy) is 2. The van der Waals surface area contributed by atoms with Crippen LogP contribution in [-0.4, -0.2) is 46.0 Å². The van der Waals surface area contributed by atoms with Crippen molar-refractivity contribution < 1.29 is 43.7 Å². The number of rotatable bonds is 31. The number of hydrogen-bond donors (Lipinski definition) is 3. The highest BCUT2D eigenvalue weighted by molar-refractivity contribution is 5.90. The van der Waals surface area contributed by atoms with Crippen LogP contribution in [0.4, 0.5) is 0 Å². The van der Waals surface area contributed by atoms with Gasteiger partial charge in [0, 0.05) is 32.1 Å². The van der Waals surface area contributed by atoms with Crippen LogP contribution >= 0.6 is 0 Å². The lowest BCUT2D eigenvalue weighted by atomic mass is 10.0. The first-order chi connectivity index (χ1) is 21.2. The predicted octanol–water partition coefficient (Wildman–Crippen LogP) is 8.67. The zero-order valence-corrected chi connectivity index (χ0v) is 27.1. The molecule has 0 aliphatic carbocycles. The van der Waals surface area contributed by atoms with Gasteiger partial charge in [-0.3, -0.25) is 29.4 Å². The summed E-state index contributed by atoms with van der Waals surface area (Å²) < 4.78 is 9.78. The highest BCUT2D eigenvalue weighted by Crippen LogP contribution is 2.14. The minimum Gasteiger partial charge on any atom is -0.481 e.